The highest BCUT2D eigenvalue weighted by molar-refractivity contribution is 5.67. The van der Waals surface area contributed by atoms with Gasteiger partial charge in [0.15, 0.2) is 0 Å². The molecule has 0 aliphatic heterocycles. The minimum Gasteiger partial charge on any atom is -0.313 e. The molecule has 0 heterocycles. The quantitative estimate of drug-likeness (QED) is 0.892. The summed E-state index contributed by atoms with van der Waals surface area (Å²) in [7, 11) is 0. The van der Waals surface area contributed by atoms with E-state index in [1.165, 1.54) is 33.0 Å². The molecule has 0 amide bonds. The van der Waals surface area contributed by atoms with Gasteiger partial charge in [-0.05, 0) is 65.1 Å². The third-order valence-electron chi connectivity index (χ3n) is 4.32. The summed E-state index contributed by atoms with van der Waals surface area (Å²) in [6, 6.07) is 13.1. The van der Waals surface area contributed by atoms with E-state index in [9.17, 15) is 0 Å². The van der Waals surface area contributed by atoms with Gasteiger partial charge in [0.2, 0.25) is 0 Å². The van der Waals surface area contributed by atoms with Gasteiger partial charge in [0.25, 0.3) is 0 Å². The van der Waals surface area contributed by atoms with Crippen LogP contribution in [0.15, 0.2) is 36.4 Å². The minimum atomic E-state index is 0.950. The molecular formula is C21H27N. The second kappa shape index (κ2) is 7.42. The molecule has 0 spiro atoms. The molecule has 1 N–H and O–H groups in total. The summed E-state index contributed by atoms with van der Waals surface area (Å²) in [4.78, 5) is 0. The molecule has 0 aliphatic rings. The average molecular weight is 293 g/mol. The van der Waals surface area contributed by atoms with Crippen LogP contribution in [-0.2, 0) is 13.0 Å². The second-order valence-corrected chi connectivity index (χ2v) is 5.85. The first-order valence-electron chi connectivity index (χ1n) is 8.16. The van der Waals surface area contributed by atoms with Gasteiger partial charge in [-0.1, -0.05) is 56.8 Å². The van der Waals surface area contributed by atoms with Crippen LogP contribution in [0, 0.1) is 6.92 Å². The van der Waals surface area contributed by atoms with E-state index >= 15 is 0 Å². The van der Waals surface area contributed by atoms with Crippen molar-refractivity contribution in [2.75, 3.05) is 6.54 Å². The highest BCUT2D eigenvalue weighted by Gasteiger charge is 2.08. The van der Waals surface area contributed by atoms with E-state index in [1.807, 2.05) is 6.07 Å². The molecule has 0 unspecified atom stereocenters. The highest BCUT2D eigenvalue weighted by Crippen LogP contribution is 2.22. The fraction of sp³-hybridized carbons (Fsp3) is 0.333. The predicted molar refractivity (Wildman–Crippen MR) is 97.3 cm³/mol. The predicted octanol–water partition coefficient (Wildman–Crippen LogP) is 3.30. The smallest absolute Gasteiger partial charge is 0.0208 e. The van der Waals surface area contributed by atoms with Gasteiger partial charge in [-0.15, -0.1) is 0 Å². The summed E-state index contributed by atoms with van der Waals surface area (Å²) in [6.45, 7) is 14.9. The van der Waals surface area contributed by atoms with Gasteiger partial charge >= 0.3 is 0 Å². The lowest BCUT2D eigenvalue weighted by Crippen LogP contribution is -2.25. The van der Waals surface area contributed by atoms with Crippen molar-refractivity contribution < 1.29 is 0 Å². The summed E-state index contributed by atoms with van der Waals surface area (Å²) in [5, 5.41) is 5.77. The second-order valence-electron chi connectivity index (χ2n) is 5.85. The Hall–Kier alpha value is -1.86. The van der Waals surface area contributed by atoms with Gasteiger partial charge in [-0.2, -0.15) is 0 Å². The molecule has 0 aliphatic carbocycles. The molecule has 0 fully saturated rings. The molecule has 0 bridgehead atoms. The van der Waals surface area contributed by atoms with Crippen molar-refractivity contribution in [2.45, 2.75) is 40.7 Å². The van der Waals surface area contributed by atoms with Crippen molar-refractivity contribution >= 4 is 12.2 Å². The molecule has 0 atom stereocenters. The highest BCUT2D eigenvalue weighted by atomic mass is 14.8. The fourth-order valence-corrected chi connectivity index (χ4v) is 3.00. The number of hydrogen-bond acceptors (Lipinski definition) is 1. The first-order valence-corrected chi connectivity index (χ1v) is 8.16. The third kappa shape index (κ3) is 3.48. The molecule has 1 nitrogen and oxygen atoms in total. The number of hydrogen-bond donors (Lipinski definition) is 1. The van der Waals surface area contributed by atoms with Gasteiger partial charge in [-0.25, -0.2) is 0 Å². The number of rotatable bonds is 5. The lowest BCUT2D eigenvalue weighted by molar-refractivity contribution is 0.720. The molecule has 116 valence electrons. The lowest BCUT2D eigenvalue weighted by atomic mass is 9.92. The molecule has 2 rings (SSSR count). The maximum absolute atomic E-state index is 4.17. The van der Waals surface area contributed by atoms with E-state index in [0.717, 1.165) is 24.7 Å². The molecule has 2 aromatic carbocycles. The van der Waals surface area contributed by atoms with Crippen LogP contribution in [0.5, 0.6) is 0 Å². The van der Waals surface area contributed by atoms with Crippen LogP contribution in [0.25, 0.3) is 12.2 Å². The average Bonchev–Trinajstić information content (AvgIpc) is 2.52. The summed E-state index contributed by atoms with van der Waals surface area (Å²) >= 11 is 0. The van der Waals surface area contributed by atoms with Gasteiger partial charge in [0, 0.05) is 6.54 Å². The van der Waals surface area contributed by atoms with Crippen molar-refractivity contribution in [3.05, 3.63) is 69.1 Å². The third-order valence-corrected chi connectivity index (χ3v) is 4.32. The Morgan fingerprint density at radius 2 is 1.82 bits per heavy atom. The zero-order valence-corrected chi connectivity index (χ0v) is 14.3. The van der Waals surface area contributed by atoms with Gasteiger partial charge < -0.3 is 5.32 Å². The SMILES string of the molecule is C=c1cccc/c1=C(\C)c1cc(CC)c(CNCC)cc1C. The number of aryl methyl sites for hydroxylation is 2. The molecule has 0 aromatic heterocycles. The molecule has 0 radical (unpaired) electrons. The number of benzene rings is 2. The van der Waals surface area contributed by atoms with Crippen LogP contribution >= 0.6 is 0 Å². The standard InChI is InChI=1S/C21H27N/c1-6-18-13-21(16(4)12-19(18)14-22-7-2)17(5)20-11-9-8-10-15(20)3/h8-13,22H,3,6-7,14H2,1-2,4-5H3/b20-17-. The Morgan fingerprint density at radius 1 is 1.09 bits per heavy atom. The van der Waals surface area contributed by atoms with Gasteiger partial charge in [-0.3, -0.25) is 0 Å². The normalized spacial score (nSPS) is 12.4. The van der Waals surface area contributed by atoms with Crippen molar-refractivity contribution in [1.29, 1.82) is 0 Å². The zero-order valence-electron chi connectivity index (χ0n) is 14.3. The topological polar surface area (TPSA) is 12.0 Å². The summed E-state index contributed by atoms with van der Waals surface area (Å²) in [5.74, 6) is 0. The van der Waals surface area contributed by atoms with Crippen LogP contribution in [0.4, 0.5) is 0 Å². The van der Waals surface area contributed by atoms with Crippen LogP contribution < -0.4 is 15.8 Å². The molecular weight excluding hydrogens is 266 g/mol. The van der Waals surface area contributed by atoms with Crippen LogP contribution in [0.1, 0.15) is 43.0 Å². The van der Waals surface area contributed by atoms with Crippen LogP contribution in [0.3, 0.4) is 0 Å². The van der Waals surface area contributed by atoms with E-state index in [0.29, 0.717) is 0 Å². The fourth-order valence-electron chi connectivity index (χ4n) is 3.00. The lowest BCUT2D eigenvalue weighted by Gasteiger charge is -2.15. The van der Waals surface area contributed by atoms with E-state index in [4.69, 9.17) is 0 Å². The van der Waals surface area contributed by atoms with E-state index in [2.05, 4.69) is 69.9 Å². The first kappa shape index (κ1) is 16.5. The Balaban J connectivity index is 2.60. The Labute approximate surface area is 134 Å². The monoisotopic (exact) mass is 293 g/mol. The molecule has 0 saturated heterocycles. The van der Waals surface area contributed by atoms with E-state index in [-0.39, 0.29) is 0 Å². The molecule has 1 heteroatoms. The van der Waals surface area contributed by atoms with Crippen molar-refractivity contribution in [3.63, 3.8) is 0 Å². The van der Waals surface area contributed by atoms with E-state index in [1.54, 1.807) is 0 Å². The van der Waals surface area contributed by atoms with Crippen LogP contribution in [-0.4, -0.2) is 6.54 Å². The minimum absolute atomic E-state index is 0.950. The Morgan fingerprint density at radius 3 is 2.45 bits per heavy atom. The van der Waals surface area contributed by atoms with Crippen molar-refractivity contribution in [2.24, 2.45) is 0 Å². The summed E-state index contributed by atoms with van der Waals surface area (Å²) < 4.78 is 0. The van der Waals surface area contributed by atoms with Crippen LogP contribution in [0.2, 0.25) is 0 Å². The Bertz CT molecular complexity index is 756. The Kier molecular flexibility index (Phi) is 5.57. The maximum Gasteiger partial charge on any atom is 0.0208 e. The van der Waals surface area contributed by atoms with Crippen molar-refractivity contribution in [1.82, 2.24) is 5.32 Å². The molecule has 22 heavy (non-hydrogen) atoms. The number of nitrogens with one attached hydrogen (secondary N) is 1. The molecule has 0 saturated carbocycles. The largest absolute Gasteiger partial charge is 0.313 e. The van der Waals surface area contributed by atoms with Crippen molar-refractivity contribution in [3.8, 4) is 0 Å². The van der Waals surface area contributed by atoms with E-state index < -0.39 is 0 Å². The summed E-state index contributed by atoms with van der Waals surface area (Å²) in [5.41, 5.74) is 6.84. The maximum atomic E-state index is 4.17. The zero-order chi connectivity index (χ0) is 16.1. The first-order chi connectivity index (χ1) is 10.6. The van der Waals surface area contributed by atoms with Gasteiger partial charge in [0.1, 0.15) is 0 Å². The molecule has 2 aromatic rings. The summed E-state index contributed by atoms with van der Waals surface area (Å²) in [6.07, 6.45) is 1.06. The van der Waals surface area contributed by atoms with Gasteiger partial charge in [0.05, 0.1) is 0 Å².